The summed E-state index contributed by atoms with van der Waals surface area (Å²) in [6.07, 6.45) is 2.67. The number of carbonyl (C=O) groups is 1. The molecule has 0 aromatic carbocycles. The van der Waals surface area contributed by atoms with Gasteiger partial charge in [0.1, 0.15) is 24.4 Å². The van der Waals surface area contributed by atoms with E-state index in [1.165, 1.54) is 0 Å². The summed E-state index contributed by atoms with van der Waals surface area (Å²) in [7, 11) is -2.51. The van der Waals surface area contributed by atoms with Crippen molar-refractivity contribution in [1.29, 1.82) is 0 Å². The Hall–Kier alpha value is -1.90. The predicted molar refractivity (Wildman–Crippen MR) is 162 cm³/mol. The molecule has 2 heterocycles. The van der Waals surface area contributed by atoms with Gasteiger partial charge in [0.05, 0.1) is 18.1 Å². The summed E-state index contributed by atoms with van der Waals surface area (Å²) in [4.78, 5) is 13.1. The van der Waals surface area contributed by atoms with E-state index in [0.29, 0.717) is 31.6 Å². The zero-order valence-corrected chi connectivity index (χ0v) is 27.3. The molecule has 0 aliphatic carbocycles. The van der Waals surface area contributed by atoms with E-state index >= 15 is 0 Å². The third-order valence-corrected chi connectivity index (χ3v) is 10.3. The van der Waals surface area contributed by atoms with Gasteiger partial charge in [-0.2, -0.15) is 0 Å². The van der Waals surface area contributed by atoms with E-state index in [1.54, 1.807) is 0 Å². The van der Waals surface area contributed by atoms with E-state index < -0.39 is 16.1 Å². The van der Waals surface area contributed by atoms with Crippen LogP contribution in [0.1, 0.15) is 55.8 Å². The summed E-state index contributed by atoms with van der Waals surface area (Å²) in [5, 5.41) is 0. The fourth-order valence-corrected chi connectivity index (χ4v) is 5.74. The van der Waals surface area contributed by atoms with Crippen LogP contribution >= 0.6 is 0 Å². The predicted octanol–water partition coefficient (Wildman–Crippen LogP) is 8.57. The summed E-state index contributed by atoms with van der Waals surface area (Å²) in [5.41, 5.74) is 6.72. The van der Waals surface area contributed by atoms with Crippen LogP contribution < -0.4 is 0 Å². The standard InChI is InChI=1S/C31H50O5Si2/c1-22(2)26-14-12-25(31(32)34-17-19-38(9,10)11)13-15-27(23(3)4)30(29-24(5)20-28(26)36-29)35-21-33-16-18-37(6,7)8/h14,20,26-27,30H,1,3,13,15-19,21H2,2,4-11H3/t12?,26-,27-,30+/m0/s1. The summed E-state index contributed by atoms with van der Waals surface area (Å²) in [5.74, 6) is 0.966. The van der Waals surface area contributed by atoms with Crippen molar-refractivity contribution in [1.82, 2.24) is 0 Å². The molecule has 0 fully saturated rings. The van der Waals surface area contributed by atoms with Crippen LogP contribution in [-0.4, -0.2) is 42.1 Å². The van der Waals surface area contributed by atoms with E-state index in [1.807, 2.05) is 32.9 Å². The average molecular weight is 559 g/mol. The van der Waals surface area contributed by atoms with Gasteiger partial charge in [-0.05, 0) is 63.4 Å². The van der Waals surface area contributed by atoms with Crippen molar-refractivity contribution in [3.8, 4) is 0 Å². The van der Waals surface area contributed by atoms with Gasteiger partial charge in [-0.1, -0.05) is 63.6 Å². The van der Waals surface area contributed by atoms with Gasteiger partial charge in [0, 0.05) is 28.7 Å². The summed E-state index contributed by atoms with van der Waals surface area (Å²) < 4.78 is 24.4. The molecule has 3 atom stereocenters. The number of rotatable bonds is 12. The first-order valence-electron chi connectivity index (χ1n) is 13.8. The third kappa shape index (κ3) is 10.3. The van der Waals surface area contributed by atoms with Crippen LogP contribution in [0.25, 0.3) is 0 Å². The third-order valence-electron chi connectivity index (χ3n) is 6.86. The summed E-state index contributed by atoms with van der Waals surface area (Å²) in [6, 6.07) is 4.05. The van der Waals surface area contributed by atoms with Crippen molar-refractivity contribution in [3.63, 3.8) is 0 Å². The number of esters is 1. The second-order valence-corrected chi connectivity index (χ2v) is 24.4. The fourth-order valence-electron chi connectivity index (χ4n) is 4.27. The average Bonchev–Trinajstić information content (AvgIpc) is 3.12. The Labute approximate surface area is 233 Å². The molecule has 0 unspecified atom stereocenters. The van der Waals surface area contributed by atoms with Crippen LogP contribution in [0.3, 0.4) is 0 Å². The van der Waals surface area contributed by atoms with Gasteiger partial charge in [0.2, 0.25) is 0 Å². The fraction of sp³-hybridized carbons (Fsp3) is 0.613. The Balaban J connectivity index is 2.39. The highest BCUT2D eigenvalue weighted by Gasteiger charge is 2.32. The zero-order chi connectivity index (χ0) is 28.7. The normalized spacial score (nSPS) is 20.4. The second kappa shape index (κ2) is 13.9. The lowest BCUT2D eigenvalue weighted by atomic mass is 9.86. The van der Waals surface area contributed by atoms with Gasteiger partial charge in [-0.25, -0.2) is 4.79 Å². The molecule has 0 radical (unpaired) electrons. The van der Waals surface area contributed by atoms with Crippen LogP contribution in [0.15, 0.2) is 52.2 Å². The largest absolute Gasteiger partial charge is 0.462 e. The van der Waals surface area contributed by atoms with Crippen LogP contribution in [0.5, 0.6) is 0 Å². The Kier molecular flexibility index (Phi) is 11.9. The van der Waals surface area contributed by atoms with Crippen molar-refractivity contribution in [2.75, 3.05) is 20.0 Å². The van der Waals surface area contributed by atoms with Crippen molar-refractivity contribution in [3.05, 3.63) is 64.8 Å². The lowest BCUT2D eigenvalue weighted by Gasteiger charge is -2.27. The SMILES string of the molecule is C=C(C)[C@@H]1C=C=C(C(=O)OCC[Si](C)(C)C)CC[C@@H](C(=C)C)[C@@H](OCOCC[Si](C)(C)C)c2oc1cc2C. The Morgan fingerprint density at radius 3 is 2.26 bits per heavy atom. The lowest BCUT2D eigenvalue weighted by molar-refractivity contribution is -0.138. The molecule has 1 aromatic heterocycles. The molecule has 0 N–H and O–H groups in total. The van der Waals surface area contributed by atoms with Crippen molar-refractivity contribution >= 4 is 22.1 Å². The van der Waals surface area contributed by atoms with Gasteiger partial charge >= 0.3 is 5.97 Å². The molecule has 5 nitrogen and oxygen atoms in total. The highest BCUT2D eigenvalue weighted by Crippen LogP contribution is 2.40. The molecule has 0 saturated heterocycles. The molecule has 1 aromatic rings. The number of ether oxygens (including phenoxy) is 3. The minimum absolute atomic E-state index is 0.0683. The Morgan fingerprint density at radius 2 is 1.68 bits per heavy atom. The summed E-state index contributed by atoms with van der Waals surface area (Å²) in [6.45, 7) is 29.6. The van der Waals surface area contributed by atoms with Crippen LogP contribution in [0, 0.1) is 12.8 Å². The zero-order valence-electron chi connectivity index (χ0n) is 25.3. The quantitative estimate of drug-likeness (QED) is 0.0642. The number of fused-ring (bicyclic) bond motifs is 2. The summed E-state index contributed by atoms with van der Waals surface area (Å²) >= 11 is 0. The highest BCUT2D eigenvalue weighted by molar-refractivity contribution is 6.76. The van der Waals surface area contributed by atoms with Crippen molar-refractivity contribution < 1.29 is 23.4 Å². The highest BCUT2D eigenvalue weighted by atomic mass is 28.3. The first-order valence-corrected chi connectivity index (χ1v) is 21.2. The maximum atomic E-state index is 13.1. The Bertz CT molecular complexity index is 1050. The number of carbonyl (C=O) groups excluding carboxylic acids is 1. The lowest BCUT2D eigenvalue weighted by Crippen LogP contribution is -2.24. The first-order chi connectivity index (χ1) is 17.6. The number of hydrogen-bond acceptors (Lipinski definition) is 5. The molecule has 1 aliphatic heterocycles. The van der Waals surface area contributed by atoms with E-state index in [4.69, 9.17) is 18.6 Å². The minimum Gasteiger partial charge on any atom is -0.462 e. The second-order valence-electron chi connectivity index (χ2n) is 13.2. The molecule has 2 bridgehead atoms. The smallest absolute Gasteiger partial charge is 0.341 e. The van der Waals surface area contributed by atoms with E-state index in [-0.39, 0.29) is 30.7 Å². The van der Waals surface area contributed by atoms with Crippen LogP contribution in [0.2, 0.25) is 51.4 Å². The van der Waals surface area contributed by atoms with Crippen LogP contribution in [-0.2, 0) is 19.0 Å². The molecule has 38 heavy (non-hydrogen) atoms. The van der Waals surface area contributed by atoms with Gasteiger partial charge in [0.25, 0.3) is 0 Å². The number of hydrogen-bond donors (Lipinski definition) is 0. The molecule has 0 spiro atoms. The van der Waals surface area contributed by atoms with Crippen LogP contribution in [0.4, 0.5) is 0 Å². The molecule has 7 heteroatoms. The van der Waals surface area contributed by atoms with Gasteiger partial charge < -0.3 is 18.6 Å². The Morgan fingerprint density at radius 1 is 1.05 bits per heavy atom. The van der Waals surface area contributed by atoms with Gasteiger partial charge in [-0.15, -0.1) is 5.73 Å². The first kappa shape index (κ1) is 32.3. The number of furan rings is 1. The molecule has 2 rings (SSSR count). The minimum atomic E-state index is -1.31. The molecule has 1 aliphatic rings. The molecule has 0 amide bonds. The number of allylic oxidation sites excluding steroid dienone is 1. The monoisotopic (exact) mass is 558 g/mol. The van der Waals surface area contributed by atoms with Gasteiger partial charge in [0.15, 0.2) is 0 Å². The maximum Gasteiger partial charge on any atom is 0.341 e. The number of aryl methyl sites for hydroxylation is 1. The van der Waals surface area contributed by atoms with E-state index in [0.717, 1.165) is 40.3 Å². The molecule has 212 valence electrons. The van der Waals surface area contributed by atoms with Gasteiger partial charge in [-0.3, -0.25) is 0 Å². The molecular weight excluding hydrogens is 509 g/mol. The topological polar surface area (TPSA) is 57.9 Å². The van der Waals surface area contributed by atoms with E-state index in [2.05, 4.69) is 58.2 Å². The molecular formula is C31H50O5Si2. The molecule has 0 saturated carbocycles. The van der Waals surface area contributed by atoms with Crippen molar-refractivity contribution in [2.45, 2.75) is 97.0 Å². The van der Waals surface area contributed by atoms with Crippen molar-refractivity contribution in [2.24, 2.45) is 5.92 Å². The maximum absolute atomic E-state index is 13.1. The van der Waals surface area contributed by atoms with E-state index in [9.17, 15) is 4.79 Å².